The van der Waals surface area contributed by atoms with E-state index in [1.165, 1.54) is 12.0 Å². The van der Waals surface area contributed by atoms with E-state index in [0.29, 0.717) is 0 Å². The van der Waals surface area contributed by atoms with E-state index >= 15 is 0 Å². The summed E-state index contributed by atoms with van der Waals surface area (Å²) >= 11 is 0. The van der Waals surface area contributed by atoms with Crippen molar-refractivity contribution in [1.29, 1.82) is 0 Å². The molecule has 1 unspecified atom stereocenters. The van der Waals surface area contributed by atoms with Crippen molar-refractivity contribution in [2.75, 3.05) is 0 Å². The van der Waals surface area contributed by atoms with Crippen molar-refractivity contribution < 1.29 is 0 Å². The number of hydrogen-bond donors (Lipinski definition) is 1. The summed E-state index contributed by atoms with van der Waals surface area (Å²) in [7, 11) is 0. The van der Waals surface area contributed by atoms with Crippen LogP contribution in [-0.4, -0.2) is 15.6 Å². The Kier molecular flexibility index (Phi) is 2.68. The third-order valence-electron chi connectivity index (χ3n) is 2.74. The van der Waals surface area contributed by atoms with E-state index in [2.05, 4.69) is 22.6 Å². The highest BCUT2D eigenvalue weighted by Crippen LogP contribution is 2.24. The van der Waals surface area contributed by atoms with Crippen LogP contribution in [0.5, 0.6) is 0 Å². The maximum absolute atomic E-state index is 5.91. The molecule has 0 radical (unpaired) electrons. The van der Waals surface area contributed by atoms with Crippen LogP contribution in [0.15, 0.2) is 18.5 Å². The van der Waals surface area contributed by atoms with Gasteiger partial charge in [-0.15, -0.1) is 0 Å². The second-order valence-corrected chi connectivity index (χ2v) is 3.78. The average Bonchev–Trinajstić information content (AvgIpc) is 2.65. The average molecular weight is 191 g/mol. The van der Waals surface area contributed by atoms with E-state index in [-0.39, 0.29) is 6.04 Å². The van der Waals surface area contributed by atoms with Crippen LogP contribution in [0.4, 0.5) is 0 Å². The molecule has 0 fully saturated rings. The van der Waals surface area contributed by atoms with Crippen LogP contribution >= 0.6 is 0 Å². The fraction of sp³-hybridized carbons (Fsp3) is 0.545. The number of hydrogen-bond acceptors (Lipinski definition) is 2. The minimum Gasteiger partial charge on any atom is -0.332 e. The molecular formula is C11H17N3. The predicted molar refractivity (Wildman–Crippen MR) is 57.7 cm³/mol. The number of aryl methyl sites for hydroxylation is 1. The van der Waals surface area contributed by atoms with Crippen LogP contribution in [0, 0.1) is 0 Å². The Labute approximate surface area is 84.6 Å². The number of allylic oxidation sites excluding steroid dienone is 1. The molecule has 0 aliphatic heterocycles. The first-order valence-corrected chi connectivity index (χ1v) is 5.29. The smallest absolute Gasteiger partial charge is 0.135 e. The van der Waals surface area contributed by atoms with Gasteiger partial charge in [0.25, 0.3) is 0 Å². The summed E-state index contributed by atoms with van der Waals surface area (Å²) in [6.07, 6.45) is 9.46. The summed E-state index contributed by atoms with van der Waals surface area (Å²) in [6.45, 7) is 3.11. The molecule has 1 aromatic heterocycles. The van der Waals surface area contributed by atoms with Crippen molar-refractivity contribution in [3.05, 3.63) is 24.3 Å². The molecule has 2 N–H and O–H groups in total. The zero-order valence-electron chi connectivity index (χ0n) is 8.61. The zero-order chi connectivity index (χ0) is 9.97. The lowest BCUT2D eigenvalue weighted by atomic mass is 9.96. The van der Waals surface area contributed by atoms with Crippen molar-refractivity contribution in [2.45, 2.75) is 38.8 Å². The third kappa shape index (κ3) is 1.73. The van der Waals surface area contributed by atoms with E-state index < -0.39 is 0 Å². The number of rotatable bonds is 2. The Morgan fingerprint density at radius 3 is 3.21 bits per heavy atom. The molecule has 2 rings (SSSR count). The Bertz CT molecular complexity index is 338. The molecule has 1 atom stereocenters. The normalized spacial score (nSPS) is 22.1. The lowest BCUT2D eigenvalue weighted by molar-refractivity contribution is 0.644. The molecule has 1 aliphatic carbocycles. The topological polar surface area (TPSA) is 43.8 Å². The highest BCUT2D eigenvalue weighted by molar-refractivity contribution is 5.61. The minimum absolute atomic E-state index is 0.223. The van der Waals surface area contributed by atoms with Gasteiger partial charge in [-0.2, -0.15) is 0 Å². The van der Waals surface area contributed by atoms with E-state index in [4.69, 9.17) is 5.73 Å². The van der Waals surface area contributed by atoms with Crippen molar-refractivity contribution in [3.63, 3.8) is 0 Å². The van der Waals surface area contributed by atoms with Gasteiger partial charge in [-0.1, -0.05) is 6.08 Å². The first-order valence-electron chi connectivity index (χ1n) is 5.29. The Morgan fingerprint density at radius 1 is 1.64 bits per heavy atom. The second kappa shape index (κ2) is 3.96. The van der Waals surface area contributed by atoms with Gasteiger partial charge in [-0.25, -0.2) is 4.98 Å². The molecule has 0 saturated heterocycles. The van der Waals surface area contributed by atoms with Gasteiger partial charge in [-0.3, -0.25) is 0 Å². The van der Waals surface area contributed by atoms with Crippen LogP contribution in [-0.2, 0) is 6.54 Å². The number of nitrogens with two attached hydrogens (primary N) is 1. The molecule has 14 heavy (non-hydrogen) atoms. The summed E-state index contributed by atoms with van der Waals surface area (Å²) < 4.78 is 2.17. The first kappa shape index (κ1) is 9.46. The fourth-order valence-electron chi connectivity index (χ4n) is 1.99. The van der Waals surface area contributed by atoms with Crippen LogP contribution in [0.3, 0.4) is 0 Å². The maximum Gasteiger partial charge on any atom is 0.135 e. The van der Waals surface area contributed by atoms with Gasteiger partial charge in [0.15, 0.2) is 0 Å². The SMILES string of the molecule is CCn1ccnc1C1=CC(N)CCC1. The molecule has 1 heterocycles. The van der Waals surface area contributed by atoms with Crippen LogP contribution in [0.2, 0.25) is 0 Å². The quantitative estimate of drug-likeness (QED) is 0.774. The number of nitrogens with zero attached hydrogens (tertiary/aromatic N) is 2. The highest BCUT2D eigenvalue weighted by atomic mass is 15.1. The first-order chi connectivity index (χ1) is 6.81. The molecule has 0 aromatic carbocycles. The van der Waals surface area contributed by atoms with Crippen molar-refractivity contribution in [3.8, 4) is 0 Å². The molecule has 3 nitrogen and oxygen atoms in total. The third-order valence-corrected chi connectivity index (χ3v) is 2.74. The minimum atomic E-state index is 0.223. The summed E-state index contributed by atoms with van der Waals surface area (Å²) in [5.41, 5.74) is 7.22. The van der Waals surface area contributed by atoms with Crippen molar-refractivity contribution >= 4 is 5.57 Å². The lowest BCUT2D eigenvalue weighted by Gasteiger charge is -2.17. The molecule has 0 saturated carbocycles. The Balaban J connectivity index is 2.29. The van der Waals surface area contributed by atoms with Crippen LogP contribution in [0.1, 0.15) is 32.0 Å². The van der Waals surface area contributed by atoms with Gasteiger partial charge < -0.3 is 10.3 Å². The second-order valence-electron chi connectivity index (χ2n) is 3.78. The largest absolute Gasteiger partial charge is 0.332 e. The van der Waals surface area contributed by atoms with Gasteiger partial charge in [0.2, 0.25) is 0 Å². The van der Waals surface area contributed by atoms with E-state index in [0.717, 1.165) is 25.2 Å². The van der Waals surface area contributed by atoms with Crippen LogP contribution < -0.4 is 5.73 Å². The van der Waals surface area contributed by atoms with Gasteiger partial charge in [-0.05, 0) is 31.8 Å². The monoisotopic (exact) mass is 191 g/mol. The lowest BCUT2D eigenvalue weighted by Crippen LogP contribution is -2.20. The maximum atomic E-state index is 5.91. The molecule has 1 aliphatic rings. The van der Waals surface area contributed by atoms with Crippen molar-refractivity contribution in [2.24, 2.45) is 5.73 Å². The summed E-state index contributed by atoms with van der Waals surface area (Å²) in [5.74, 6) is 1.10. The van der Waals surface area contributed by atoms with Gasteiger partial charge in [0.05, 0.1) is 0 Å². The zero-order valence-corrected chi connectivity index (χ0v) is 8.61. The van der Waals surface area contributed by atoms with Crippen LogP contribution in [0.25, 0.3) is 5.57 Å². The molecule has 0 spiro atoms. The van der Waals surface area contributed by atoms with Crippen molar-refractivity contribution in [1.82, 2.24) is 9.55 Å². The molecule has 0 bridgehead atoms. The number of imidazole rings is 1. The van der Waals surface area contributed by atoms with E-state index in [9.17, 15) is 0 Å². The summed E-state index contributed by atoms with van der Waals surface area (Å²) in [5, 5.41) is 0. The van der Waals surface area contributed by atoms with E-state index in [1.807, 2.05) is 12.4 Å². The van der Waals surface area contributed by atoms with Gasteiger partial charge in [0.1, 0.15) is 5.82 Å². The van der Waals surface area contributed by atoms with E-state index in [1.54, 1.807) is 0 Å². The Morgan fingerprint density at radius 2 is 2.50 bits per heavy atom. The molecule has 1 aromatic rings. The van der Waals surface area contributed by atoms with Gasteiger partial charge in [0, 0.05) is 25.0 Å². The number of aromatic nitrogens is 2. The summed E-state index contributed by atoms with van der Waals surface area (Å²) in [4.78, 5) is 4.38. The Hall–Kier alpha value is -1.09. The molecule has 76 valence electrons. The standard InChI is InChI=1S/C11H17N3/c1-2-14-7-6-13-11(14)9-4-3-5-10(12)8-9/h6-8,10H,2-5,12H2,1H3. The highest BCUT2D eigenvalue weighted by Gasteiger charge is 2.14. The fourth-order valence-corrected chi connectivity index (χ4v) is 1.99. The molecule has 3 heteroatoms. The summed E-state index contributed by atoms with van der Waals surface area (Å²) in [6, 6.07) is 0.223. The predicted octanol–water partition coefficient (Wildman–Crippen LogP) is 1.80. The van der Waals surface area contributed by atoms with Gasteiger partial charge >= 0.3 is 0 Å². The molecular weight excluding hydrogens is 174 g/mol. The molecule has 0 amide bonds.